The molecule has 226 valence electrons. The Labute approximate surface area is 264 Å². The average Bonchev–Trinajstić information content (AvgIpc) is 3.34. The SMILES string of the molecule is C1=CCCC(OC2C=CC=C(C3=CC4=C(CC3)C3=CC=C(C5=CC=CC(OC6=CC=CCC6)C5)CC3C43CCCCC3)C2)=C1. The van der Waals surface area contributed by atoms with Crippen LogP contribution in [-0.4, -0.2) is 12.2 Å². The summed E-state index contributed by atoms with van der Waals surface area (Å²) in [6.45, 7) is 0. The summed E-state index contributed by atoms with van der Waals surface area (Å²) in [5.74, 6) is 2.87. The molecule has 1 saturated carbocycles. The topological polar surface area (TPSA) is 18.5 Å². The van der Waals surface area contributed by atoms with Gasteiger partial charge in [0.2, 0.25) is 0 Å². The van der Waals surface area contributed by atoms with E-state index in [1.54, 1.807) is 22.3 Å². The van der Waals surface area contributed by atoms with E-state index in [1.165, 1.54) is 61.7 Å². The molecule has 2 nitrogen and oxygen atoms in total. The quantitative estimate of drug-likeness (QED) is 0.310. The second-order valence-electron chi connectivity index (χ2n) is 13.9. The second kappa shape index (κ2) is 12.1. The average molecular weight is 583 g/mol. The number of ether oxygens (including phenoxy) is 2. The summed E-state index contributed by atoms with van der Waals surface area (Å²) in [7, 11) is 0. The van der Waals surface area contributed by atoms with Crippen molar-refractivity contribution in [3.63, 3.8) is 0 Å². The summed E-state index contributed by atoms with van der Waals surface area (Å²) in [4.78, 5) is 0. The lowest BCUT2D eigenvalue weighted by molar-refractivity contribution is 0.145. The van der Waals surface area contributed by atoms with E-state index < -0.39 is 0 Å². The highest BCUT2D eigenvalue weighted by Crippen LogP contribution is 2.63. The lowest BCUT2D eigenvalue weighted by atomic mass is 9.61. The predicted octanol–water partition coefficient (Wildman–Crippen LogP) is 10.9. The Morgan fingerprint density at radius 3 is 1.84 bits per heavy atom. The van der Waals surface area contributed by atoms with Crippen LogP contribution in [0.2, 0.25) is 0 Å². The fourth-order valence-electron chi connectivity index (χ4n) is 9.14. The Morgan fingerprint density at radius 1 is 0.568 bits per heavy atom. The van der Waals surface area contributed by atoms with Crippen LogP contribution in [0.4, 0.5) is 0 Å². The Balaban J connectivity index is 1.04. The predicted molar refractivity (Wildman–Crippen MR) is 180 cm³/mol. The lowest BCUT2D eigenvalue weighted by Gasteiger charge is -2.43. The summed E-state index contributed by atoms with van der Waals surface area (Å²) in [5, 5.41) is 0. The molecule has 0 amide bonds. The maximum atomic E-state index is 6.45. The van der Waals surface area contributed by atoms with Crippen molar-refractivity contribution < 1.29 is 9.47 Å². The summed E-state index contributed by atoms with van der Waals surface area (Å²) in [6, 6.07) is 0. The molecule has 8 rings (SSSR count). The van der Waals surface area contributed by atoms with Crippen molar-refractivity contribution in [2.24, 2.45) is 11.3 Å². The third kappa shape index (κ3) is 5.35. The molecular weight excluding hydrogens is 536 g/mol. The zero-order chi connectivity index (χ0) is 29.3. The Morgan fingerprint density at radius 2 is 1.20 bits per heavy atom. The van der Waals surface area contributed by atoms with Crippen LogP contribution in [-0.2, 0) is 9.47 Å². The van der Waals surface area contributed by atoms with Crippen molar-refractivity contribution in [2.75, 3.05) is 0 Å². The molecule has 0 aromatic carbocycles. The van der Waals surface area contributed by atoms with Crippen LogP contribution in [0.15, 0.2) is 142 Å². The Hall–Kier alpha value is -3.52. The fraction of sp³-hybridized carbons (Fsp3) is 0.429. The van der Waals surface area contributed by atoms with Crippen molar-refractivity contribution in [3.8, 4) is 0 Å². The molecule has 0 aliphatic heterocycles. The van der Waals surface area contributed by atoms with Gasteiger partial charge in [-0.2, -0.15) is 0 Å². The zero-order valence-corrected chi connectivity index (χ0v) is 26.1. The van der Waals surface area contributed by atoms with Gasteiger partial charge in [0, 0.05) is 31.1 Å². The van der Waals surface area contributed by atoms with Crippen LogP contribution in [0, 0.1) is 11.3 Å². The number of allylic oxidation sites excluding steroid dienone is 20. The smallest absolute Gasteiger partial charge is 0.121 e. The molecule has 0 N–H and O–H groups in total. The lowest BCUT2D eigenvalue weighted by Crippen LogP contribution is -2.33. The molecule has 2 heteroatoms. The largest absolute Gasteiger partial charge is 0.490 e. The van der Waals surface area contributed by atoms with Gasteiger partial charge in [0.25, 0.3) is 0 Å². The van der Waals surface area contributed by atoms with E-state index >= 15 is 0 Å². The molecule has 8 aliphatic rings. The molecule has 44 heavy (non-hydrogen) atoms. The third-order valence-corrected chi connectivity index (χ3v) is 11.3. The number of hydrogen-bond donors (Lipinski definition) is 0. The van der Waals surface area contributed by atoms with Crippen molar-refractivity contribution >= 4 is 0 Å². The van der Waals surface area contributed by atoms with Gasteiger partial charge in [-0.25, -0.2) is 0 Å². The number of rotatable bonds is 6. The monoisotopic (exact) mass is 582 g/mol. The van der Waals surface area contributed by atoms with E-state index in [9.17, 15) is 0 Å². The first-order valence-corrected chi connectivity index (χ1v) is 17.4. The minimum absolute atomic E-state index is 0.138. The fourth-order valence-corrected chi connectivity index (χ4v) is 9.14. The highest BCUT2D eigenvalue weighted by atomic mass is 16.5. The molecule has 3 atom stereocenters. The molecule has 1 spiro atoms. The van der Waals surface area contributed by atoms with Gasteiger partial charge in [-0.1, -0.05) is 86.1 Å². The second-order valence-corrected chi connectivity index (χ2v) is 13.9. The van der Waals surface area contributed by atoms with E-state index in [-0.39, 0.29) is 12.2 Å². The van der Waals surface area contributed by atoms with E-state index in [0.29, 0.717) is 11.3 Å². The van der Waals surface area contributed by atoms with Crippen molar-refractivity contribution in [2.45, 2.75) is 102 Å². The van der Waals surface area contributed by atoms with E-state index in [0.717, 1.165) is 56.5 Å². The number of hydrogen-bond acceptors (Lipinski definition) is 2. The third-order valence-electron chi connectivity index (χ3n) is 11.3. The van der Waals surface area contributed by atoms with Crippen LogP contribution in [0.5, 0.6) is 0 Å². The molecule has 0 aromatic heterocycles. The van der Waals surface area contributed by atoms with Gasteiger partial charge in [-0.05, 0) is 114 Å². The van der Waals surface area contributed by atoms with Crippen molar-refractivity contribution in [1.82, 2.24) is 0 Å². The summed E-state index contributed by atoms with van der Waals surface area (Å²) < 4.78 is 12.9. The molecule has 0 radical (unpaired) electrons. The first kappa shape index (κ1) is 28.0. The molecule has 0 aromatic rings. The number of fused-ring (bicyclic) bond motifs is 4. The Bertz CT molecular complexity index is 1560. The van der Waals surface area contributed by atoms with E-state index in [2.05, 4.69) is 91.1 Å². The van der Waals surface area contributed by atoms with Crippen LogP contribution < -0.4 is 0 Å². The van der Waals surface area contributed by atoms with Crippen LogP contribution in [0.25, 0.3) is 0 Å². The van der Waals surface area contributed by atoms with Gasteiger partial charge in [0.15, 0.2) is 0 Å². The summed E-state index contributed by atoms with van der Waals surface area (Å²) in [5.41, 5.74) is 11.4. The van der Waals surface area contributed by atoms with Gasteiger partial charge in [0.1, 0.15) is 12.2 Å². The van der Waals surface area contributed by atoms with Crippen molar-refractivity contribution in [3.05, 3.63) is 142 Å². The molecule has 0 bridgehead atoms. The van der Waals surface area contributed by atoms with Crippen LogP contribution in [0.1, 0.15) is 89.9 Å². The highest BCUT2D eigenvalue weighted by molar-refractivity contribution is 5.62. The summed E-state index contributed by atoms with van der Waals surface area (Å²) >= 11 is 0. The van der Waals surface area contributed by atoms with Gasteiger partial charge in [-0.3, -0.25) is 0 Å². The molecule has 8 aliphatic carbocycles. The minimum atomic E-state index is 0.138. The molecule has 0 heterocycles. The maximum Gasteiger partial charge on any atom is 0.121 e. The van der Waals surface area contributed by atoms with Crippen molar-refractivity contribution in [1.29, 1.82) is 0 Å². The van der Waals surface area contributed by atoms with E-state index in [1.807, 2.05) is 0 Å². The van der Waals surface area contributed by atoms with Gasteiger partial charge >= 0.3 is 0 Å². The highest BCUT2D eigenvalue weighted by Gasteiger charge is 2.51. The molecule has 1 fully saturated rings. The standard InChI is InChI=1S/C42H46O2/c1-4-14-34(15-5-1)43-36-18-10-12-30(26-36)32-20-22-38-39-23-21-33(29-41(39)42(40(38)28-32)24-8-3-9-25-42)31-13-11-19-37(27-31)44-35-16-6-2-7-17-35/h1-2,4,6,10-14,16,18-20,22,29,36-37,40H,3,5,7-9,15,17,21,23-28H2. The van der Waals surface area contributed by atoms with Gasteiger partial charge < -0.3 is 9.47 Å². The Kier molecular flexibility index (Phi) is 7.70. The zero-order valence-electron chi connectivity index (χ0n) is 26.1. The normalized spacial score (nSPS) is 30.4. The minimum Gasteiger partial charge on any atom is -0.490 e. The van der Waals surface area contributed by atoms with Crippen LogP contribution in [0.3, 0.4) is 0 Å². The summed E-state index contributed by atoms with van der Waals surface area (Å²) in [6.07, 6.45) is 51.1. The first-order chi connectivity index (χ1) is 21.7. The first-order valence-electron chi connectivity index (χ1n) is 17.4. The molecule has 3 unspecified atom stereocenters. The van der Waals surface area contributed by atoms with Crippen LogP contribution >= 0.6 is 0 Å². The van der Waals surface area contributed by atoms with Gasteiger partial charge in [-0.15, -0.1) is 0 Å². The van der Waals surface area contributed by atoms with E-state index in [4.69, 9.17) is 9.47 Å². The molecule has 0 saturated heterocycles. The van der Waals surface area contributed by atoms with Gasteiger partial charge in [0.05, 0.1) is 11.5 Å². The maximum absolute atomic E-state index is 6.45. The molecular formula is C42H46O2.